The van der Waals surface area contributed by atoms with E-state index in [-0.39, 0.29) is 18.4 Å². The van der Waals surface area contributed by atoms with Gasteiger partial charge in [0.05, 0.1) is 0 Å². The number of carbonyl (C=O) groups excluding carboxylic acids is 1. The van der Waals surface area contributed by atoms with E-state index in [1.807, 2.05) is 0 Å². The molecular formula is C12H23N3O3S. The lowest BCUT2D eigenvalue weighted by Gasteiger charge is -2.33. The van der Waals surface area contributed by atoms with Gasteiger partial charge in [0.25, 0.3) is 10.2 Å². The fraction of sp³-hybridized carbons (Fsp3) is 0.917. The summed E-state index contributed by atoms with van der Waals surface area (Å²) in [5.74, 6) is 0.412. The number of rotatable bonds is 3. The number of piperidine rings is 2. The van der Waals surface area contributed by atoms with Crippen molar-refractivity contribution in [3.05, 3.63) is 0 Å². The maximum absolute atomic E-state index is 12.3. The molecule has 19 heavy (non-hydrogen) atoms. The Hall–Kier alpha value is -0.660. The highest BCUT2D eigenvalue weighted by Gasteiger charge is 2.31. The normalized spacial score (nSPS) is 30.6. The van der Waals surface area contributed by atoms with E-state index in [4.69, 9.17) is 0 Å². The topological polar surface area (TPSA) is 69.7 Å². The van der Waals surface area contributed by atoms with Crippen LogP contribution in [0.3, 0.4) is 0 Å². The first-order valence-corrected chi connectivity index (χ1v) is 8.34. The maximum Gasteiger partial charge on any atom is 0.279 e. The van der Waals surface area contributed by atoms with Crippen molar-refractivity contribution in [3.8, 4) is 0 Å². The number of nitrogens with zero attached hydrogens (tertiary/aromatic N) is 2. The zero-order valence-electron chi connectivity index (χ0n) is 11.6. The first-order chi connectivity index (χ1) is 8.88. The van der Waals surface area contributed by atoms with Crippen LogP contribution in [0.25, 0.3) is 0 Å². The van der Waals surface area contributed by atoms with Gasteiger partial charge in [0.15, 0.2) is 0 Å². The average molecular weight is 289 g/mol. The van der Waals surface area contributed by atoms with Gasteiger partial charge in [-0.05, 0) is 25.2 Å². The van der Waals surface area contributed by atoms with Gasteiger partial charge in [0.1, 0.15) is 0 Å². The predicted octanol–water partition coefficient (Wildman–Crippen LogP) is 0.174. The van der Waals surface area contributed by atoms with Crippen LogP contribution >= 0.6 is 0 Å². The molecule has 2 fully saturated rings. The van der Waals surface area contributed by atoms with E-state index in [0.717, 1.165) is 12.8 Å². The highest BCUT2D eigenvalue weighted by molar-refractivity contribution is 7.87. The van der Waals surface area contributed by atoms with E-state index in [1.165, 1.54) is 4.31 Å². The van der Waals surface area contributed by atoms with E-state index in [1.54, 1.807) is 11.9 Å². The number of likely N-dealkylation sites (tertiary alicyclic amines) is 1. The molecule has 1 amide bonds. The van der Waals surface area contributed by atoms with Gasteiger partial charge in [0.2, 0.25) is 5.91 Å². The van der Waals surface area contributed by atoms with Crippen LogP contribution in [0.1, 0.15) is 32.6 Å². The van der Waals surface area contributed by atoms with Crippen molar-refractivity contribution < 1.29 is 13.2 Å². The highest BCUT2D eigenvalue weighted by Crippen LogP contribution is 2.19. The van der Waals surface area contributed by atoms with Crippen molar-refractivity contribution in [2.24, 2.45) is 5.92 Å². The highest BCUT2D eigenvalue weighted by atomic mass is 32.2. The third kappa shape index (κ3) is 3.67. The second kappa shape index (κ2) is 5.76. The Bertz CT molecular complexity index is 438. The molecule has 0 aromatic carbocycles. The Kier molecular flexibility index (Phi) is 4.47. The van der Waals surface area contributed by atoms with Gasteiger partial charge in [-0.1, -0.05) is 6.92 Å². The minimum Gasteiger partial charge on any atom is -0.346 e. The van der Waals surface area contributed by atoms with Crippen molar-refractivity contribution in [1.82, 2.24) is 13.9 Å². The molecule has 0 aromatic rings. The molecule has 2 atom stereocenters. The Morgan fingerprint density at radius 2 is 2.00 bits per heavy atom. The van der Waals surface area contributed by atoms with Crippen LogP contribution in [-0.4, -0.2) is 56.3 Å². The standard InChI is InChI=1S/C12H23N3O3S/c1-10-4-3-6-15(9-10)19(17,18)13-11-5-7-14(2)12(16)8-11/h10-11,13H,3-9H2,1-2H3/t10-,11+/m1/s1. The third-order valence-electron chi connectivity index (χ3n) is 3.94. The second-order valence-corrected chi connectivity index (χ2v) is 7.44. The smallest absolute Gasteiger partial charge is 0.279 e. The largest absolute Gasteiger partial charge is 0.346 e. The Labute approximate surface area is 115 Å². The third-order valence-corrected chi connectivity index (χ3v) is 5.58. The van der Waals surface area contributed by atoms with Crippen LogP contribution in [0, 0.1) is 5.92 Å². The van der Waals surface area contributed by atoms with Crippen LogP contribution in [0.5, 0.6) is 0 Å². The van der Waals surface area contributed by atoms with Crippen molar-refractivity contribution in [1.29, 1.82) is 0 Å². The lowest BCUT2D eigenvalue weighted by Crippen LogP contribution is -2.52. The van der Waals surface area contributed by atoms with E-state index < -0.39 is 10.2 Å². The average Bonchev–Trinajstić information content (AvgIpc) is 2.33. The van der Waals surface area contributed by atoms with Gasteiger partial charge in [-0.2, -0.15) is 17.4 Å². The predicted molar refractivity (Wildman–Crippen MR) is 72.7 cm³/mol. The summed E-state index contributed by atoms with van der Waals surface area (Å²) in [7, 11) is -1.69. The lowest BCUT2D eigenvalue weighted by molar-refractivity contribution is -0.132. The second-order valence-electron chi connectivity index (χ2n) is 5.73. The first-order valence-electron chi connectivity index (χ1n) is 6.90. The SMILES string of the molecule is C[C@@H]1CCCN(S(=O)(=O)N[C@H]2CCN(C)C(=O)C2)C1. The van der Waals surface area contributed by atoms with Gasteiger partial charge in [-0.3, -0.25) is 4.79 Å². The summed E-state index contributed by atoms with van der Waals surface area (Å²) >= 11 is 0. The summed E-state index contributed by atoms with van der Waals surface area (Å²) in [5, 5.41) is 0. The van der Waals surface area contributed by atoms with Gasteiger partial charge >= 0.3 is 0 Å². The van der Waals surface area contributed by atoms with Crippen LogP contribution < -0.4 is 4.72 Å². The molecule has 0 saturated carbocycles. The van der Waals surface area contributed by atoms with Crippen LogP contribution in [-0.2, 0) is 15.0 Å². The van der Waals surface area contributed by atoms with Crippen molar-refractivity contribution in [2.45, 2.75) is 38.6 Å². The van der Waals surface area contributed by atoms with Gasteiger partial charge in [0, 0.05) is 39.1 Å². The van der Waals surface area contributed by atoms with Gasteiger partial charge in [-0.25, -0.2) is 0 Å². The van der Waals surface area contributed by atoms with E-state index >= 15 is 0 Å². The molecule has 2 aliphatic heterocycles. The summed E-state index contributed by atoms with van der Waals surface area (Å²) in [4.78, 5) is 13.2. The first kappa shape index (κ1) is 14.7. The number of nitrogens with one attached hydrogen (secondary N) is 1. The summed E-state index contributed by atoms with van der Waals surface area (Å²) < 4.78 is 28.8. The molecule has 0 radical (unpaired) electrons. The summed E-state index contributed by atoms with van der Waals surface area (Å²) in [5.41, 5.74) is 0. The minimum atomic E-state index is -3.44. The molecule has 2 heterocycles. The van der Waals surface area contributed by atoms with Crippen LogP contribution in [0.4, 0.5) is 0 Å². The fourth-order valence-electron chi connectivity index (χ4n) is 2.69. The maximum atomic E-state index is 12.3. The van der Waals surface area contributed by atoms with Crippen LogP contribution in [0.15, 0.2) is 0 Å². The molecular weight excluding hydrogens is 266 g/mol. The fourth-order valence-corrected chi connectivity index (χ4v) is 4.28. The van der Waals surface area contributed by atoms with E-state index in [0.29, 0.717) is 32.0 Å². The molecule has 0 aliphatic carbocycles. The molecule has 1 N–H and O–H groups in total. The molecule has 0 aromatic heterocycles. The molecule has 6 nitrogen and oxygen atoms in total. The molecule has 0 unspecified atom stereocenters. The Morgan fingerprint density at radius 1 is 1.26 bits per heavy atom. The Balaban J connectivity index is 1.95. The van der Waals surface area contributed by atoms with E-state index in [9.17, 15) is 13.2 Å². The number of hydrogen-bond acceptors (Lipinski definition) is 3. The minimum absolute atomic E-state index is 0.00552. The van der Waals surface area contributed by atoms with E-state index in [2.05, 4.69) is 11.6 Å². The van der Waals surface area contributed by atoms with Crippen molar-refractivity contribution in [3.63, 3.8) is 0 Å². The summed E-state index contributed by atoms with van der Waals surface area (Å²) in [6.07, 6.45) is 2.94. The molecule has 2 rings (SSSR count). The number of hydrogen-bond donors (Lipinski definition) is 1. The van der Waals surface area contributed by atoms with Gasteiger partial charge < -0.3 is 4.90 Å². The van der Waals surface area contributed by atoms with Gasteiger partial charge in [-0.15, -0.1) is 0 Å². The quantitative estimate of drug-likeness (QED) is 0.805. The zero-order valence-corrected chi connectivity index (χ0v) is 12.4. The number of amides is 1. The summed E-state index contributed by atoms with van der Waals surface area (Å²) in [6, 6.07) is -0.258. The summed E-state index contributed by atoms with van der Waals surface area (Å²) in [6.45, 7) is 3.85. The molecule has 0 bridgehead atoms. The molecule has 110 valence electrons. The molecule has 7 heteroatoms. The Morgan fingerprint density at radius 3 is 2.63 bits per heavy atom. The van der Waals surface area contributed by atoms with Crippen LogP contribution in [0.2, 0.25) is 0 Å². The molecule has 0 spiro atoms. The molecule has 2 saturated heterocycles. The number of carbonyl (C=O) groups is 1. The van der Waals surface area contributed by atoms with Crippen molar-refractivity contribution >= 4 is 16.1 Å². The monoisotopic (exact) mass is 289 g/mol. The molecule has 2 aliphatic rings. The zero-order chi connectivity index (χ0) is 14.0. The lowest BCUT2D eigenvalue weighted by atomic mass is 10.0. The van der Waals surface area contributed by atoms with Crippen molar-refractivity contribution in [2.75, 3.05) is 26.7 Å².